The normalized spacial score (nSPS) is 32.4. The number of hydrogen-bond donors (Lipinski definition) is 1. The Kier molecular flexibility index (Phi) is 3.63. The number of halogens is 1. The Balaban J connectivity index is 0.000000810. The van der Waals surface area contributed by atoms with E-state index in [4.69, 9.17) is 0 Å². The molecule has 0 radical (unpaired) electrons. The van der Waals surface area contributed by atoms with Gasteiger partial charge in [-0.05, 0) is 34.0 Å². The Morgan fingerprint density at radius 3 is 2.20 bits per heavy atom. The first kappa shape index (κ1) is 10.2. The van der Waals surface area contributed by atoms with Crippen molar-refractivity contribution in [3.05, 3.63) is 0 Å². The van der Waals surface area contributed by atoms with E-state index in [1.165, 1.54) is 13.0 Å². The average Bonchev–Trinajstić information content (AvgIpc) is 2.16. The number of likely N-dealkylation sites (N-methyl/N-ethyl adjacent to an activating group) is 1. The van der Waals surface area contributed by atoms with E-state index in [1.807, 2.05) is 0 Å². The molecule has 0 amide bonds. The first-order chi connectivity index (χ1) is 4.15. The first-order valence-electron chi connectivity index (χ1n) is 3.53. The van der Waals surface area contributed by atoms with Gasteiger partial charge in [0.25, 0.3) is 0 Å². The third-order valence-corrected chi connectivity index (χ3v) is 2.43. The van der Waals surface area contributed by atoms with Crippen molar-refractivity contribution >= 4 is 12.4 Å². The third-order valence-electron chi connectivity index (χ3n) is 2.43. The Labute approximate surface area is 69.4 Å². The molecule has 1 saturated heterocycles. The van der Waals surface area contributed by atoms with Crippen LogP contribution in [0.5, 0.6) is 0 Å². The zero-order valence-electron chi connectivity index (χ0n) is 6.98. The van der Waals surface area contributed by atoms with Crippen LogP contribution < -0.4 is 5.32 Å². The van der Waals surface area contributed by atoms with Crippen molar-refractivity contribution in [2.75, 3.05) is 27.2 Å². The maximum absolute atomic E-state index is 3.35. The molecular weight excluding hydrogens is 148 g/mol. The Hall–Kier alpha value is 0.210. The smallest absolute Gasteiger partial charge is 0.0311 e. The maximum atomic E-state index is 3.35. The van der Waals surface area contributed by atoms with E-state index in [-0.39, 0.29) is 12.4 Å². The molecule has 2 nitrogen and oxygen atoms in total. The minimum Gasteiger partial charge on any atom is -0.315 e. The van der Waals surface area contributed by atoms with Crippen molar-refractivity contribution in [2.45, 2.75) is 18.9 Å². The van der Waals surface area contributed by atoms with Crippen molar-refractivity contribution in [1.82, 2.24) is 10.2 Å². The predicted molar refractivity (Wildman–Crippen MR) is 46.8 cm³/mol. The third kappa shape index (κ3) is 1.84. The lowest BCUT2D eigenvalue weighted by atomic mass is 10.0. The van der Waals surface area contributed by atoms with Gasteiger partial charge in [-0.1, -0.05) is 0 Å². The van der Waals surface area contributed by atoms with Gasteiger partial charge in [0.15, 0.2) is 0 Å². The summed E-state index contributed by atoms with van der Waals surface area (Å²) in [7, 11) is 4.29. The Morgan fingerprint density at radius 1 is 1.40 bits per heavy atom. The van der Waals surface area contributed by atoms with Crippen molar-refractivity contribution < 1.29 is 0 Å². The molecule has 1 aliphatic rings. The van der Waals surface area contributed by atoms with Gasteiger partial charge in [-0.3, -0.25) is 0 Å². The summed E-state index contributed by atoms with van der Waals surface area (Å²) in [5.41, 5.74) is 0.417. The van der Waals surface area contributed by atoms with Gasteiger partial charge in [-0.2, -0.15) is 0 Å². The summed E-state index contributed by atoms with van der Waals surface area (Å²) in [5.74, 6) is 0. The molecule has 1 heterocycles. The van der Waals surface area contributed by atoms with Crippen LogP contribution in [0.25, 0.3) is 0 Å². The summed E-state index contributed by atoms with van der Waals surface area (Å²) in [6.45, 7) is 4.61. The SMILES string of the molecule is CN(C)C1(C)CCNC1.Cl. The highest BCUT2D eigenvalue weighted by Gasteiger charge is 2.29. The van der Waals surface area contributed by atoms with Crippen LogP contribution in [0, 0.1) is 0 Å². The molecule has 0 aliphatic carbocycles. The molecule has 1 rings (SSSR count). The Morgan fingerprint density at radius 2 is 2.00 bits per heavy atom. The van der Waals surface area contributed by atoms with Crippen LogP contribution in [-0.4, -0.2) is 37.6 Å². The van der Waals surface area contributed by atoms with E-state index >= 15 is 0 Å². The Bertz CT molecular complexity index is 97.8. The summed E-state index contributed by atoms with van der Waals surface area (Å²) < 4.78 is 0. The highest BCUT2D eigenvalue weighted by Crippen LogP contribution is 2.18. The largest absolute Gasteiger partial charge is 0.315 e. The molecule has 1 aliphatic heterocycles. The molecule has 62 valence electrons. The zero-order valence-corrected chi connectivity index (χ0v) is 7.79. The monoisotopic (exact) mass is 164 g/mol. The molecule has 3 heteroatoms. The fourth-order valence-corrected chi connectivity index (χ4v) is 1.19. The van der Waals surface area contributed by atoms with E-state index in [2.05, 4.69) is 31.2 Å². The van der Waals surface area contributed by atoms with E-state index in [0.29, 0.717) is 5.54 Å². The zero-order chi connectivity index (χ0) is 6.91. The number of nitrogens with one attached hydrogen (secondary N) is 1. The lowest BCUT2D eigenvalue weighted by Gasteiger charge is -2.30. The molecule has 0 aromatic rings. The number of hydrogen-bond acceptors (Lipinski definition) is 2. The minimum absolute atomic E-state index is 0. The minimum atomic E-state index is 0. The molecule has 0 saturated carbocycles. The standard InChI is InChI=1S/C7H16N2.ClH/c1-7(9(2)3)4-5-8-6-7;/h8H,4-6H2,1-3H3;1H. The highest BCUT2D eigenvalue weighted by atomic mass is 35.5. The second-order valence-electron chi connectivity index (χ2n) is 3.32. The molecule has 1 atom stereocenters. The summed E-state index contributed by atoms with van der Waals surface area (Å²) >= 11 is 0. The molecule has 10 heavy (non-hydrogen) atoms. The van der Waals surface area contributed by atoms with Gasteiger partial charge in [-0.25, -0.2) is 0 Å². The lowest BCUT2D eigenvalue weighted by molar-refractivity contribution is 0.196. The van der Waals surface area contributed by atoms with Crippen LogP contribution in [-0.2, 0) is 0 Å². The molecule has 1 N–H and O–H groups in total. The summed E-state index contributed by atoms with van der Waals surface area (Å²) in [6, 6.07) is 0. The molecule has 1 fully saturated rings. The second kappa shape index (κ2) is 3.56. The maximum Gasteiger partial charge on any atom is 0.0311 e. The van der Waals surface area contributed by atoms with Crippen LogP contribution in [0.2, 0.25) is 0 Å². The molecule has 0 aromatic carbocycles. The van der Waals surface area contributed by atoms with Gasteiger partial charge < -0.3 is 10.2 Å². The summed E-state index contributed by atoms with van der Waals surface area (Å²) in [6.07, 6.45) is 1.28. The van der Waals surface area contributed by atoms with Crippen LogP contribution in [0.15, 0.2) is 0 Å². The van der Waals surface area contributed by atoms with Gasteiger partial charge in [0.2, 0.25) is 0 Å². The van der Waals surface area contributed by atoms with Crippen LogP contribution >= 0.6 is 12.4 Å². The quantitative estimate of drug-likeness (QED) is 0.615. The molecule has 0 spiro atoms. The highest BCUT2D eigenvalue weighted by molar-refractivity contribution is 5.85. The van der Waals surface area contributed by atoms with Gasteiger partial charge in [0.05, 0.1) is 0 Å². The van der Waals surface area contributed by atoms with Gasteiger partial charge >= 0.3 is 0 Å². The van der Waals surface area contributed by atoms with Crippen LogP contribution in [0.3, 0.4) is 0 Å². The van der Waals surface area contributed by atoms with E-state index in [9.17, 15) is 0 Å². The van der Waals surface area contributed by atoms with Crippen molar-refractivity contribution in [1.29, 1.82) is 0 Å². The van der Waals surface area contributed by atoms with E-state index in [0.717, 1.165) is 6.54 Å². The summed E-state index contributed by atoms with van der Waals surface area (Å²) in [5, 5.41) is 3.35. The van der Waals surface area contributed by atoms with Gasteiger partial charge in [0, 0.05) is 12.1 Å². The second-order valence-corrected chi connectivity index (χ2v) is 3.32. The molecule has 1 unspecified atom stereocenters. The topological polar surface area (TPSA) is 15.3 Å². The van der Waals surface area contributed by atoms with E-state index in [1.54, 1.807) is 0 Å². The summed E-state index contributed by atoms with van der Waals surface area (Å²) in [4.78, 5) is 2.30. The molecular formula is C7H17ClN2. The lowest BCUT2D eigenvalue weighted by Crippen LogP contribution is -2.42. The number of nitrogens with zero attached hydrogens (tertiary/aromatic N) is 1. The van der Waals surface area contributed by atoms with Crippen molar-refractivity contribution in [3.63, 3.8) is 0 Å². The van der Waals surface area contributed by atoms with Crippen molar-refractivity contribution in [2.24, 2.45) is 0 Å². The fraction of sp³-hybridized carbons (Fsp3) is 1.00. The van der Waals surface area contributed by atoms with Crippen LogP contribution in [0.1, 0.15) is 13.3 Å². The average molecular weight is 165 g/mol. The van der Waals surface area contributed by atoms with Crippen LogP contribution in [0.4, 0.5) is 0 Å². The molecule has 0 bridgehead atoms. The van der Waals surface area contributed by atoms with Crippen molar-refractivity contribution in [3.8, 4) is 0 Å². The van der Waals surface area contributed by atoms with E-state index < -0.39 is 0 Å². The van der Waals surface area contributed by atoms with Gasteiger partial charge in [-0.15, -0.1) is 12.4 Å². The van der Waals surface area contributed by atoms with Gasteiger partial charge in [0.1, 0.15) is 0 Å². The molecule has 0 aromatic heterocycles. The predicted octanol–water partition coefficient (Wildman–Crippen LogP) is 0.722. The first-order valence-corrected chi connectivity index (χ1v) is 3.53. The fourth-order valence-electron chi connectivity index (χ4n) is 1.19. The number of rotatable bonds is 1.